The van der Waals surface area contributed by atoms with Crippen LogP contribution in [0.5, 0.6) is 0 Å². The van der Waals surface area contributed by atoms with Gasteiger partial charge >= 0.3 is 11.9 Å². The largest absolute Gasteiger partial charge is 0.469 e. The second kappa shape index (κ2) is 7.06. The van der Waals surface area contributed by atoms with Crippen LogP contribution in [0.4, 0.5) is 0 Å². The molecular formula is C12H21NO6. The van der Waals surface area contributed by atoms with Gasteiger partial charge < -0.3 is 9.47 Å². The van der Waals surface area contributed by atoms with E-state index in [0.29, 0.717) is 0 Å². The normalized spacial score (nSPS) is 16.9. The summed E-state index contributed by atoms with van der Waals surface area (Å²) in [6, 6.07) is 0. The molecule has 7 nitrogen and oxygen atoms in total. The molecule has 0 saturated heterocycles. The van der Waals surface area contributed by atoms with Gasteiger partial charge in [0.15, 0.2) is 0 Å². The van der Waals surface area contributed by atoms with Gasteiger partial charge in [0.1, 0.15) is 0 Å². The Morgan fingerprint density at radius 2 is 1.42 bits per heavy atom. The quantitative estimate of drug-likeness (QED) is 0.396. The Kier molecular flexibility index (Phi) is 6.44. The third kappa shape index (κ3) is 4.84. The molecule has 0 rings (SSSR count). The fourth-order valence-corrected chi connectivity index (χ4v) is 2.12. The zero-order valence-electron chi connectivity index (χ0n) is 12.0. The second-order valence-corrected chi connectivity index (χ2v) is 5.01. The minimum Gasteiger partial charge on any atom is -0.469 e. The van der Waals surface area contributed by atoms with E-state index in [1.54, 1.807) is 13.8 Å². The van der Waals surface area contributed by atoms with Crippen molar-refractivity contribution in [3.8, 4) is 0 Å². The van der Waals surface area contributed by atoms with Gasteiger partial charge in [0.25, 0.3) is 0 Å². The highest BCUT2D eigenvalue weighted by Crippen LogP contribution is 2.28. The minimum absolute atomic E-state index is 0.00794. The summed E-state index contributed by atoms with van der Waals surface area (Å²) in [5.41, 5.74) is -1.37. The number of methoxy groups -OCH3 is 2. The first-order valence-electron chi connectivity index (χ1n) is 5.98. The van der Waals surface area contributed by atoms with Crippen LogP contribution in [0.1, 0.15) is 33.6 Å². The van der Waals surface area contributed by atoms with E-state index in [9.17, 15) is 19.7 Å². The fourth-order valence-electron chi connectivity index (χ4n) is 2.12. The molecule has 0 aliphatic carbocycles. The monoisotopic (exact) mass is 275 g/mol. The summed E-state index contributed by atoms with van der Waals surface area (Å²) in [7, 11) is 2.47. The third-order valence-electron chi connectivity index (χ3n) is 3.14. The number of carbonyl (C=O) groups excluding carboxylic acids is 2. The van der Waals surface area contributed by atoms with E-state index in [4.69, 9.17) is 0 Å². The maximum absolute atomic E-state index is 11.4. The van der Waals surface area contributed by atoms with Gasteiger partial charge in [-0.3, -0.25) is 19.7 Å². The summed E-state index contributed by atoms with van der Waals surface area (Å²) < 4.78 is 9.12. The van der Waals surface area contributed by atoms with E-state index in [0.717, 1.165) is 0 Å². The van der Waals surface area contributed by atoms with Crippen LogP contribution >= 0.6 is 0 Å². The van der Waals surface area contributed by atoms with Crippen LogP contribution in [0.15, 0.2) is 0 Å². The zero-order chi connectivity index (χ0) is 15.2. The van der Waals surface area contributed by atoms with Crippen LogP contribution in [-0.4, -0.2) is 36.6 Å². The Morgan fingerprint density at radius 1 is 1.11 bits per heavy atom. The predicted octanol–water partition coefficient (Wildman–Crippen LogP) is 1.42. The number of hydrogen-bond donors (Lipinski definition) is 0. The molecule has 0 bridgehead atoms. The summed E-state index contributed by atoms with van der Waals surface area (Å²) in [5, 5.41) is 11.2. The van der Waals surface area contributed by atoms with Gasteiger partial charge in [-0.15, -0.1) is 0 Å². The highest BCUT2D eigenvalue weighted by atomic mass is 16.6. The smallest absolute Gasteiger partial charge is 0.308 e. The number of nitrogens with zero attached hydrogens (tertiary/aromatic N) is 1. The molecule has 0 N–H and O–H groups in total. The van der Waals surface area contributed by atoms with Crippen LogP contribution in [-0.2, 0) is 19.1 Å². The van der Waals surface area contributed by atoms with E-state index in [1.165, 1.54) is 21.1 Å². The first kappa shape index (κ1) is 17.3. The molecule has 0 heterocycles. The molecule has 0 aromatic carbocycles. The molecule has 0 aliphatic heterocycles. The first-order valence-corrected chi connectivity index (χ1v) is 5.98. The van der Waals surface area contributed by atoms with E-state index in [1.807, 2.05) is 0 Å². The van der Waals surface area contributed by atoms with Crippen LogP contribution in [0, 0.1) is 22.0 Å². The number of ether oxygens (including phenoxy) is 2. The van der Waals surface area contributed by atoms with Crippen molar-refractivity contribution in [1.29, 1.82) is 0 Å². The van der Waals surface area contributed by atoms with Gasteiger partial charge in [-0.05, 0) is 0 Å². The Bertz CT molecular complexity index is 330. The van der Waals surface area contributed by atoms with Crippen LogP contribution in [0.3, 0.4) is 0 Å². The van der Waals surface area contributed by atoms with Crippen LogP contribution < -0.4 is 0 Å². The van der Waals surface area contributed by atoms with E-state index >= 15 is 0 Å². The molecule has 0 saturated carbocycles. The lowest BCUT2D eigenvalue weighted by atomic mass is 9.83. The van der Waals surface area contributed by atoms with Crippen molar-refractivity contribution in [2.75, 3.05) is 14.2 Å². The number of nitro groups is 1. The molecule has 2 unspecified atom stereocenters. The van der Waals surface area contributed by atoms with Crippen molar-refractivity contribution >= 4 is 11.9 Å². The Labute approximate surface area is 112 Å². The van der Waals surface area contributed by atoms with Crippen LogP contribution in [0.25, 0.3) is 0 Å². The van der Waals surface area contributed by atoms with E-state index in [2.05, 4.69) is 9.47 Å². The first-order chi connectivity index (χ1) is 8.67. The minimum atomic E-state index is -1.37. The molecule has 0 amide bonds. The summed E-state index contributed by atoms with van der Waals surface area (Å²) in [4.78, 5) is 33.5. The van der Waals surface area contributed by atoms with Gasteiger partial charge in [-0.25, -0.2) is 0 Å². The molecule has 0 radical (unpaired) electrons. The topological polar surface area (TPSA) is 95.7 Å². The number of rotatable bonds is 7. The SMILES string of the molecule is COC(=O)C(C)CC(C)(CC(C)C(=O)OC)[N+](=O)[O-]. The van der Waals surface area contributed by atoms with Crippen molar-refractivity contribution in [3.05, 3.63) is 10.1 Å². The predicted molar refractivity (Wildman–Crippen MR) is 67.0 cm³/mol. The summed E-state index contributed by atoms with van der Waals surface area (Å²) in [5.74, 6) is -2.21. The number of hydrogen-bond acceptors (Lipinski definition) is 6. The number of carbonyl (C=O) groups is 2. The summed E-state index contributed by atoms with van der Waals surface area (Å²) >= 11 is 0. The molecule has 110 valence electrons. The Morgan fingerprint density at radius 3 is 1.63 bits per heavy atom. The molecule has 0 spiro atoms. The Hall–Kier alpha value is -1.66. The average molecular weight is 275 g/mol. The fraction of sp³-hybridized carbons (Fsp3) is 0.833. The molecule has 2 atom stereocenters. The summed E-state index contributed by atoms with van der Waals surface area (Å²) in [6.45, 7) is 4.55. The van der Waals surface area contributed by atoms with Gasteiger partial charge in [0.2, 0.25) is 5.54 Å². The van der Waals surface area contributed by atoms with E-state index in [-0.39, 0.29) is 12.8 Å². The molecule has 0 aromatic heterocycles. The average Bonchev–Trinajstić information content (AvgIpc) is 2.35. The zero-order valence-corrected chi connectivity index (χ0v) is 12.0. The lowest BCUT2D eigenvalue weighted by Crippen LogP contribution is -2.41. The third-order valence-corrected chi connectivity index (χ3v) is 3.14. The van der Waals surface area contributed by atoms with Gasteiger partial charge in [-0.1, -0.05) is 13.8 Å². The van der Waals surface area contributed by atoms with Gasteiger partial charge in [0.05, 0.1) is 26.1 Å². The van der Waals surface area contributed by atoms with Crippen molar-refractivity contribution in [2.24, 2.45) is 11.8 Å². The molecule has 0 fully saturated rings. The highest BCUT2D eigenvalue weighted by molar-refractivity contribution is 5.72. The Balaban J connectivity index is 4.91. The molecular weight excluding hydrogens is 254 g/mol. The standard InChI is InChI=1S/C12H21NO6/c1-8(10(14)18-4)6-12(3,13(16)17)7-9(2)11(15)19-5/h8-9H,6-7H2,1-5H3. The highest BCUT2D eigenvalue weighted by Gasteiger charge is 2.43. The maximum atomic E-state index is 11.4. The van der Waals surface area contributed by atoms with Crippen molar-refractivity contribution < 1.29 is 24.0 Å². The van der Waals surface area contributed by atoms with Gasteiger partial charge in [0, 0.05) is 24.7 Å². The molecule has 7 heteroatoms. The molecule has 0 aliphatic rings. The maximum Gasteiger partial charge on any atom is 0.308 e. The van der Waals surface area contributed by atoms with Crippen molar-refractivity contribution in [3.63, 3.8) is 0 Å². The second-order valence-electron chi connectivity index (χ2n) is 5.01. The van der Waals surface area contributed by atoms with E-state index < -0.39 is 34.2 Å². The molecule has 19 heavy (non-hydrogen) atoms. The van der Waals surface area contributed by atoms with Crippen molar-refractivity contribution in [1.82, 2.24) is 0 Å². The van der Waals surface area contributed by atoms with Crippen LogP contribution in [0.2, 0.25) is 0 Å². The molecule has 0 aromatic rings. The summed E-state index contributed by atoms with van der Waals surface area (Å²) in [6.07, 6.45) is 0.0159. The lowest BCUT2D eigenvalue weighted by Gasteiger charge is -2.25. The lowest BCUT2D eigenvalue weighted by molar-refractivity contribution is -0.569. The van der Waals surface area contributed by atoms with Crippen molar-refractivity contribution in [2.45, 2.75) is 39.2 Å². The van der Waals surface area contributed by atoms with Gasteiger partial charge in [-0.2, -0.15) is 0 Å². The number of esters is 2.